The van der Waals surface area contributed by atoms with Crippen molar-refractivity contribution in [3.63, 3.8) is 0 Å². The number of hydrogen-bond acceptors (Lipinski definition) is 4. The van der Waals surface area contributed by atoms with E-state index in [4.69, 9.17) is 9.47 Å². The van der Waals surface area contributed by atoms with Gasteiger partial charge >= 0.3 is 0 Å². The molecule has 7 heteroatoms. The summed E-state index contributed by atoms with van der Waals surface area (Å²) in [5.74, 6) is 0.0533. The van der Waals surface area contributed by atoms with Crippen molar-refractivity contribution in [3.05, 3.63) is 84.2 Å². The first kappa shape index (κ1) is 19.9. The lowest BCUT2D eigenvalue weighted by Crippen LogP contribution is -2.20. The molecule has 0 radical (unpaired) electrons. The van der Waals surface area contributed by atoms with Crippen LogP contribution in [0.4, 0.5) is 15.8 Å². The Hall–Kier alpha value is -3.87. The van der Waals surface area contributed by atoms with Crippen molar-refractivity contribution < 1.29 is 23.5 Å². The summed E-state index contributed by atoms with van der Waals surface area (Å²) >= 11 is 0. The van der Waals surface area contributed by atoms with Gasteiger partial charge in [0.05, 0.1) is 7.11 Å². The second kappa shape index (κ2) is 9.36. The zero-order chi connectivity index (χ0) is 20.6. The molecule has 0 bridgehead atoms. The van der Waals surface area contributed by atoms with E-state index in [0.29, 0.717) is 28.4 Å². The van der Waals surface area contributed by atoms with Crippen LogP contribution in [0.25, 0.3) is 0 Å². The molecule has 0 aromatic heterocycles. The average molecular weight is 394 g/mol. The van der Waals surface area contributed by atoms with Gasteiger partial charge in [0.1, 0.15) is 17.3 Å². The molecule has 0 spiro atoms. The highest BCUT2D eigenvalue weighted by Crippen LogP contribution is 2.17. The summed E-state index contributed by atoms with van der Waals surface area (Å²) in [4.78, 5) is 24.2. The van der Waals surface area contributed by atoms with Crippen molar-refractivity contribution in [2.24, 2.45) is 0 Å². The van der Waals surface area contributed by atoms with Gasteiger partial charge in [-0.05, 0) is 60.7 Å². The second-order valence-electron chi connectivity index (χ2n) is 6.05. The molecule has 6 nitrogen and oxygen atoms in total. The Morgan fingerprint density at radius 2 is 1.59 bits per heavy atom. The molecule has 3 aromatic rings. The number of carbonyl (C=O) groups excluding carboxylic acids is 2. The molecule has 0 aliphatic rings. The highest BCUT2D eigenvalue weighted by Gasteiger charge is 2.08. The number of halogens is 1. The molecule has 0 fully saturated rings. The first-order valence-electron chi connectivity index (χ1n) is 8.77. The van der Waals surface area contributed by atoms with Crippen LogP contribution in [0.5, 0.6) is 11.5 Å². The Morgan fingerprint density at radius 3 is 2.28 bits per heavy atom. The maximum Gasteiger partial charge on any atom is 0.262 e. The number of hydrogen-bond donors (Lipinski definition) is 2. The van der Waals surface area contributed by atoms with Crippen LogP contribution >= 0.6 is 0 Å². The SMILES string of the molecule is COc1cccc(NC(=O)COc2ccc(C(=O)Nc3ccc(F)cc3)cc2)c1. The lowest BCUT2D eigenvalue weighted by molar-refractivity contribution is -0.118. The van der Waals surface area contributed by atoms with Crippen LogP contribution in [-0.4, -0.2) is 25.5 Å². The zero-order valence-electron chi connectivity index (χ0n) is 15.6. The molecule has 3 rings (SSSR count). The highest BCUT2D eigenvalue weighted by atomic mass is 19.1. The van der Waals surface area contributed by atoms with Crippen LogP contribution < -0.4 is 20.1 Å². The fraction of sp³-hybridized carbons (Fsp3) is 0.0909. The molecule has 2 amide bonds. The topological polar surface area (TPSA) is 76.7 Å². The van der Waals surface area contributed by atoms with Crippen molar-refractivity contribution in [2.45, 2.75) is 0 Å². The van der Waals surface area contributed by atoms with Gasteiger partial charge in [0.2, 0.25) is 0 Å². The van der Waals surface area contributed by atoms with Crippen molar-refractivity contribution >= 4 is 23.2 Å². The minimum atomic E-state index is -0.375. The van der Waals surface area contributed by atoms with Gasteiger partial charge in [-0.25, -0.2) is 4.39 Å². The number of amides is 2. The van der Waals surface area contributed by atoms with E-state index in [1.807, 2.05) is 0 Å². The van der Waals surface area contributed by atoms with Crippen LogP contribution in [0, 0.1) is 5.82 Å². The average Bonchev–Trinajstić information content (AvgIpc) is 2.74. The van der Waals surface area contributed by atoms with Crippen LogP contribution in [0.15, 0.2) is 72.8 Å². The van der Waals surface area contributed by atoms with Crippen molar-refractivity contribution in [3.8, 4) is 11.5 Å². The smallest absolute Gasteiger partial charge is 0.262 e. The van der Waals surface area contributed by atoms with Gasteiger partial charge in [-0.15, -0.1) is 0 Å². The Labute approximate surface area is 167 Å². The summed E-state index contributed by atoms with van der Waals surface area (Å²) in [6, 6.07) is 18.8. The van der Waals surface area contributed by atoms with Gasteiger partial charge in [-0.3, -0.25) is 9.59 Å². The molecule has 0 saturated heterocycles. The molecule has 0 unspecified atom stereocenters. The van der Waals surface area contributed by atoms with Gasteiger partial charge in [0.25, 0.3) is 11.8 Å². The Kier molecular flexibility index (Phi) is 6.42. The molecular weight excluding hydrogens is 375 g/mol. The van der Waals surface area contributed by atoms with E-state index in [1.165, 1.54) is 24.3 Å². The van der Waals surface area contributed by atoms with Crippen LogP contribution in [0.2, 0.25) is 0 Å². The third-order valence-corrected chi connectivity index (χ3v) is 3.94. The van der Waals surface area contributed by atoms with E-state index < -0.39 is 0 Å². The molecule has 0 aliphatic heterocycles. The van der Waals surface area contributed by atoms with Crippen molar-refractivity contribution in [1.29, 1.82) is 0 Å². The largest absolute Gasteiger partial charge is 0.497 e. The number of carbonyl (C=O) groups is 2. The number of ether oxygens (including phenoxy) is 2. The molecule has 0 heterocycles. The summed E-state index contributed by atoms with van der Waals surface area (Å²) < 4.78 is 23.5. The van der Waals surface area contributed by atoms with E-state index >= 15 is 0 Å². The summed E-state index contributed by atoms with van der Waals surface area (Å²) in [6.07, 6.45) is 0. The predicted octanol–water partition coefficient (Wildman–Crippen LogP) is 4.10. The van der Waals surface area contributed by atoms with Crippen molar-refractivity contribution in [2.75, 3.05) is 24.4 Å². The standard InChI is InChI=1S/C22H19FN2O4/c1-28-20-4-2-3-18(13-20)24-21(26)14-29-19-11-5-15(6-12-19)22(27)25-17-9-7-16(23)8-10-17/h2-13H,14H2,1H3,(H,24,26)(H,25,27). The lowest BCUT2D eigenvalue weighted by Gasteiger charge is -2.09. The van der Waals surface area contributed by atoms with E-state index in [1.54, 1.807) is 55.6 Å². The second-order valence-corrected chi connectivity index (χ2v) is 6.05. The minimum Gasteiger partial charge on any atom is -0.497 e. The number of benzene rings is 3. The number of anilines is 2. The number of nitrogens with one attached hydrogen (secondary N) is 2. The van der Waals surface area contributed by atoms with E-state index in [-0.39, 0.29) is 24.2 Å². The normalized spacial score (nSPS) is 10.1. The summed E-state index contributed by atoms with van der Waals surface area (Å²) in [5.41, 5.74) is 1.50. The van der Waals surface area contributed by atoms with Crippen molar-refractivity contribution in [1.82, 2.24) is 0 Å². The van der Waals surface area contributed by atoms with Crippen LogP contribution in [0.3, 0.4) is 0 Å². The summed E-state index contributed by atoms with van der Waals surface area (Å²) in [7, 11) is 1.55. The molecule has 0 saturated carbocycles. The first-order valence-corrected chi connectivity index (χ1v) is 8.77. The monoisotopic (exact) mass is 394 g/mol. The first-order chi connectivity index (χ1) is 14.0. The molecular formula is C22H19FN2O4. The minimum absolute atomic E-state index is 0.182. The fourth-order valence-corrected chi connectivity index (χ4v) is 2.49. The Bertz CT molecular complexity index is 988. The van der Waals surface area contributed by atoms with Gasteiger partial charge in [0.15, 0.2) is 6.61 Å². The van der Waals surface area contributed by atoms with E-state index in [9.17, 15) is 14.0 Å². The molecule has 2 N–H and O–H groups in total. The quantitative estimate of drug-likeness (QED) is 0.632. The molecule has 0 atom stereocenters. The molecule has 3 aromatic carbocycles. The highest BCUT2D eigenvalue weighted by molar-refractivity contribution is 6.04. The van der Waals surface area contributed by atoms with Gasteiger partial charge in [-0.2, -0.15) is 0 Å². The van der Waals surface area contributed by atoms with Gasteiger partial charge < -0.3 is 20.1 Å². The van der Waals surface area contributed by atoms with E-state index in [0.717, 1.165) is 0 Å². The summed E-state index contributed by atoms with van der Waals surface area (Å²) in [5, 5.41) is 5.38. The van der Waals surface area contributed by atoms with Gasteiger partial charge in [-0.1, -0.05) is 6.07 Å². The molecule has 148 valence electrons. The maximum absolute atomic E-state index is 12.9. The Balaban J connectivity index is 1.51. The number of rotatable bonds is 7. The lowest BCUT2D eigenvalue weighted by atomic mass is 10.2. The van der Waals surface area contributed by atoms with Crippen LogP contribution in [0.1, 0.15) is 10.4 Å². The molecule has 29 heavy (non-hydrogen) atoms. The third-order valence-electron chi connectivity index (χ3n) is 3.94. The fourth-order valence-electron chi connectivity index (χ4n) is 2.49. The third kappa shape index (κ3) is 5.80. The van der Waals surface area contributed by atoms with Crippen LogP contribution in [-0.2, 0) is 4.79 Å². The number of methoxy groups -OCH3 is 1. The summed E-state index contributed by atoms with van der Waals surface area (Å²) in [6.45, 7) is -0.182. The maximum atomic E-state index is 12.9. The van der Waals surface area contributed by atoms with Gasteiger partial charge in [0, 0.05) is 23.0 Å². The molecule has 0 aliphatic carbocycles. The predicted molar refractivity (Wildman–Crippen MR) is 108 cm³/mol. The Morgan fingerprint density at radius 1 is 0.862 bits per heavy atom. The van der Waals surface area contributed by atoms with E-state index in [2.05, 4.69) is 10.6 Å². The zero-order valence-corrected chi connectivity index (χ0v) is 15.6.